The van der Waals surface area contributed by atoms with Crippen LogP contribution in [0.5, 0.6) is 0 Å². The van der Waals surface area contributed by atoms with E-state index in [1.807, 2.05) is 4.90 Å². The lowest BCUT2D eigenvalue weighted by Crippen LogP contribution is -2.53. The van der Waals surface area contributed by atoms with Crippen molar-refractivity contribution in [3.8, 4) is 0 Å². The molecule has 3 rings (SSSR count). The van der Waals surface area contributed by atoms with Gasteiger partial charge >= 0.3 is 6.03 Å². The van der Waals surface area contributed by atoms with Crippen molar-refractivity contribution in [3.63, 3.8) is 0 Å². The van der Waals surface area contributed by atoms with Crippen LogP contribution in [0.3, 0.4) is 0 Å². The predicted octanol–water partition coefficient (Wildman–Crippen LogP) is -1.46. The topological polar surface area (TPSA) is 99.6 Å². The summed E-state index contributed by atoms with van der Waals surface area (Å²) in [4.78, 5) is 15.6. The van der Waals surface area contributed by atoms with E-state index >= 15 is 0 Å². The monoisotopic (exact) mass is 280 g/mol. The zero-order valence-electron chi connectivity index (χ0n) is 11.3. The molecule has 8 heteroatoms. The summed E-state index contributed by atoms with van der Waals surface area (Å²) >= 11 is 0. The van der Waals surface area contributed by atoms with Gasteiger partial charge in [-0.15, -0.1) is 0 Å². The van der Waals surface area contributed by atoms with Crippen LogP contribution in [0.2, 0.25) is 0 Å². The lowest BCUT2D eigenvalue weighted by molar-refractivity contribution is 0.0588. The molecule has 1 aromatic rings. The van der Waals surface area contributed by atoms with Crippen LogP contribution < -0.4 is 11.1 Å². The normalized spacial score (nSPS) is 24.6. The third-order valence-corrected chi connectivity index (χ3v) is 3.84. The number of nitrogens with zero attached hydrogens (tertiary/aromatic N) is 4. The molecule has 0 bridgehead atoms. The van der Waals surface area contributed by atoms with E-state index in [2.05, 4.69) is 15.3 Å². The number of aromatic nitrogens is 2. The van der Waals surface area contributed by atoms with Crippen LogP contribution >= 0.6 is 0 Å². The minimum atomic E-state index is -0.495. The van der Waals surface area contributed by atoms with Crippen LogP contribution in [0.15, 0.2) is 12.4 Å². The first-order valence-electron chi connectivity index (χ1n) is 6.84. The molecule has 2 atom stereocenters. The van der Waals surface area contributed by atoms with E-state index in [0.717, 1.165) is 19.6 Å². The van der Waals surface area contributed by atoms with Gasteiger partial charge in [-0.3, -0.25) is 9.58 Å². The summed E-state index contributed by atoms with van der Waals surface area (Å²) in [6.45, 7) is 4.02. The van der Waals surface area contributed by atoms with E-state index in [1.54, 1.807) is 17.1 Å². The predicted molar refractivity (Wildman–Crippen MR) is 73.0 cm³/mol. The van der Waals surface area contributed by atoms with Crippen LogP contribution in [-0.4, -0.2) is 75.6 Å². The Balaban J connectivity index is 1.50. The first-order chi connectivity index (χ1) is 9.61. The number of aliphatic hydroxyl groups is 1. The summed E-state index contributed by atoms with van der Waals surface area (Å²) < 4.78 is 1.65. The fraction of sp³-hybridized carbons (Fsp3) is 0.667. The number of piperazine rings is 1. The van der Waals surface area contributed by atoms with E-state index in [9.17, 15) is 9.90 Å². The number of hydrogen-bond donors (Lipinski definition) is 3. The highest BCUT2D eigenvalue weighted by atomic mass is 16.3. The maximum atomic E-state index is 11.5. The lowest BCUT2D eigenvalue weighted by Gasteiger charge is -2.37. The summed E-state index contributed by atoms with van der Waals surface area (Å²) in [5.41, 5.74) is 6.19. The molecule has 2 unspecified atom stereocenters. The third kappa shape index (κ3) is 2.70. The number of rotatable bonds is 4. The average molecular weight is 280 g/mol. The van der Waals surface area contributed by atoms with Gasteiger partial charge in [0.2, 0.25) is 0 Å². The second-order valence-corrected chi connectivity index (χ2v) is 5.44. The molecule has 2 aliphatic rings. The van der Waals surface area contributed by atoms with Gasteiger partial charge in [0.05, 0.1) is 30.6 Å². The number of hydrogen-bond acceptors (Lipinski definition) is 5. The number of nitrogens with one attached hydrogen (secondary N) is 1. The van der Waals surface area contributed by atoms with E-state index in [0.29, 0.717) is 25.3 Å². The van der Waals surface area contributed by atoms with Gasteiger partial charge in [0.25, 0.3) is 0 Å². The summed E-state index contributed by atoms with van der Waals surface area (Å²) in [6, 6.07) is 0.256. The van der Waals surface area contributed by atoms with Crippen LogP contribution in [0, 0.1) is 0 Å². The van der Waals surface area contributed by atoms with Gasteiger partial charge in [-0.1, -0.05) is 0 Å². The highest BCUT2D eigenvalue weighted by Gasteiger charge is 2.35. The molecule has 0 spiro atoms. The van der Waals surface area contributed by atoms with E-state index in [-0.39, 0.29) is 12.1 Å². The van der Waals surface area contributed by atoms with Gasteiger partial charge < -0.3 is 21.1 Å². The molecule has 8 nitrogen and oxygen atoms in total. The van der Waals surface area contributed by atoms with Crippen molar-refractivity contribution in [1.82, 2.24) is 24.9 Å². The Kier molecular flexibility index (Phi) is 3.49. The molecule has 20 heavy (non-hydrogen) atoms. The molecule has 3 heterocycles. The lowest BCUT2D eigenvalue weighted by atomic mass is 10.2. The number of anilines is 1. The fourth-order valence-electron chi connectivity index (χ4n) is 2.89. The number of urea groups is 1. The molecule has 2 aliphatic heterocycles. The van der Waals surface area contributed by atoms with Gasteiger partial charge in [-0.25, -0.2) is 4.79 Å². The Morgan fingerprint density at radius 3 is 3.10 bits per heavy atom. The summed E-state index contributed by atoms with van der Waals surface area (Å²) in [5.74, 6) is 0. The van der Waals surface area contributed by atoms with Gasteiger partial charge in [0, 0.05) is 38.9 Å². The SMILES string of the molecule is Nc1cnn(CC(O)CN2CCN3C(=O)NCC3C2)c1. The molecule has 2 saturated heterocycles. The first kappa shape index (κ1) is 13.2. The van der Waals surface area contributed by atoms with Gasteiger partial charge in [-0.05, 0) is 0 Å². The Morgan fingerprint density at radius 1 is 1.50 bits per heavy atom. The molecular weight excluding hydrogens is 260 g/mol. The first-order valence-corrected chi connectivity index (χ1v) is 6.84. The smallest absolute Gasteiger partial charge is 0.317 e. The highest BCUT2D eigenvalue weighted by molar-refractivity contribution is 5.77. The van der Waals surface area contributed by atoms with E-state index in [4.69, 9.17) is 5.73 Å². The van der Waals surface area contributed by atoms with Crippen molar-refractivity contribution in [2.24, 2.45) is 0 Å². The second-order valence-electron chi connectivity index (χ2n) is 5.44. The van der Waals surface area contributed by atoms with Crippen molar-refractivity contribution in [3.05, 3.63) is 12.4 Å². The largest absolute Gasteiger partial charge is 0.396 e. The molecule has 4 N–H and O–H groups in total. The van der Waals surface area contributed by atoms with Crippen molar-refractivity contribution in [1.29, 1.82) is 0 Å². The van der Waals surface area contributed by atoms with Crippen molar-refractivity contribution < 1.29 is 9.90 Å². The fourth-order valence-corrected chi connectivity index (χ4v) is 2.89. The average Bonchev–Trinajstić information content (AvgIpc) is 2.96. The number of nitrogen functional groups attached to an aromatic ring is 1. The Morgan fingerprint density at radius 2 is 2.35 bits per heavy atom. The van der Waals surface area contributed by atoms with Crippen LogP contribution in [0.25, 0.3) is 0 Å². The molecule has 0 saturated carbocycles. The molecule has 1 aromatic heterocycles. The van der Waals surface area contributed by atoms with Gasteiger partial charge in [0.1, 0.15) is 0 Å². The van der Waals surface area contributed by atoms with Crippen LogP contribution in [0.4, 0.5) is 10.5 Å². The summed E-state index contributed by atoms with van der Waals surface area (Å²) in [5, 5.41) is 17.0. The van der Waals surface area contributed by atoms with Crippen molar-refractivity contribution in [2.45, 2.75) is 18.7 Å². The summed E-state index contributed by atoms with van der Waals surface area (Å²) in [6.07, 6.45) is 2.79. The minimum Gasteiger partial charge on any atom is -0.396 e. The van der Waals surface area contributed by atoms with Crippen molar-refractivity contribution >= 4 is 11.7 Å². The number of carbonyl (C=O) groups excluding carboxylic acids is 1. The molecule has 2 amide bonds. The Hall–Kier alpha value is -1.80. The van der Waals surface area contributed by atoms with Crippen LogP contribution in [0.1, 0.15) is 0 Å². The second kappa shape index (κ2) is 5.29. The maximum Gasteiger partial charge on any atom is 0.317 e. The number of carbonyl (C=O) groups is 1. The number of β-amino-alcohol motifs (C(OH)–C–C–N with tert-alkyl or cyclic N) is 1. The number of nitrogens with two attached hydrogens (primary N) is 1. The molecule has 2 fully saturated rings. The number of amides is 2. The Bertz CT molecular complexity index is 490. The summed E-state index contributed by atoms with van der Waals surface area (Å²) in [7, 11) is 0. The van der Waals surface area contributed by atoms with Gasteiger partial charge in [-0.2, -0.15) is 5.10 Å². The maximum absolute atomic E-state index is 11.5. The zero-order chi connectivity index (χ0) is 14.1. The zero-order valence-corrected chi connectivity index (χ0v) is 11.3. The van der Waals surface area contributed by atoms with Crippen LogP contribution in [-0.2, 0) is 6.54 Å². The van der Waals surface area contributed by atoms with E-state index < -0.39 is 6.10 Å². The van der Waals surface area contributed by atoms with Gasteiger partial charge in [0.15, 0.2) is 0 Å². The molecule has 0 aliphatic carbocycles. The molecule has 0 aromatic carbocycles. The molecule has 0 radical (unpaired) electrons. The third-order valence-electron chi connectivity index (χ3n) is 3.84. The highest BCUT2D eigenvalue weighted by Crippen LogP contribution is 2.14. The minimum absolute atomic E-state index is 0.0298. The van der Waals surface area contributed by atoms with E-state index in [1.165, 1.54) is 0 Å². The van der Waals surface area contributed by atoms with Crippen molar-refractivity contribution in [2.75, 3.05) is 38.5 Å². The Labute approximate surface area is 117 Å². The molecule has 110 valence electrons. The number of fused-ring (bicyclic) bond motifs is 1. The quantitative estimate of drug-likeness (QED) is 0.625. The number of aliphatic hydroxyl groups excluding tert-OH is 1. The standard InChI is InChI=1S/C12H20N6O2/c13-9-3-15-17(5-9)8-11(19)7-16-1-2-18-10(6-16)4-14-12(18)20/h3,5,10-11,19H,1-2,4,6-8,13H2,(H,14,20). The molecular formula is C12H20N6O2.